The van der Waals surface area contributed by atoms with Crippen LogP contribution in [0.3, 0.4) is 0 Å². The fraction of sp³-hybridized carbons (Fsp3) is 0.458. The summed E-state index contributed by atoms with van der Waals surface area (Å²) in [6, 6.07) is 12.0. The minimum atomic E-state index is -1.82. The van der Waals surface area contributed by atoms with Crippen molar-refractivity contribution in [1.82, 2.24) is 5.32 Å². The van der Waals surface area contributed by atoms with Gasteiger partial charge in [-0.2, -0.15) is 0 Å². The van der Waals surface area contributed by atoms with Crippen molar-refractivity contribution in [2.75, 3.05) is 6.54 Å². The molecule has 1 fully saturated rings. The van der Waals surface area contributed by atoms with Crippen LogP contribution in [0.5, 0.6) is 17.2 Å². The highest BCUT2D eigenvalue weighted by Crippen LogP contribution is 2.31. The van der Waals surface area contributed by atoms with Gasteiger partial charge in [0.1, 0.15) is 24.1 Å². The molecule has 1 aliphatic heterocycles. The Hall–Kier alpha value is -2.89. The van der Waals surface area contributed by atoms with Gasteiger partial charge in [-0.3, -0.25) is 0 Å². The molecule has 0 saturated carbocycles. The van der Waals surface area contributed by atoms with E-state index in [1.807, 2.05) is 12.1 Å². The van der Waals surface area contributed by atoms with Gasteiger partial charge in [-0.25, -0.2) is 4.79 Å². The van der Waals surface area contributed by atoms with E-state index in [1.165, 1.54) is 6.07 Å². The number of aryl methyl sites for hydroxylation is 1. The van der Waals surface area contributed by atoms with E-state index >= 15 is 0 Å². The fourth-order valence-electron chi connectivity index (χ4n) is 3.69. The molecule has 0 bridgehead atoms. The van der Waals surface area contributed by atoms with Crippen molar-refractivity contribution in [2.24, 2.45) is 0 Å². The average molecular weight is 478 g/mol. The number of nitrogens with one attached hydrogen (secondary N) is 1. The first-order valence-corrected chi connectivity index (χ1v) is 11.1. The number of hydrogen-bond acceptors (Lipinski definition) is 9. The summed E-state index contributed by atoms with van der Waals surface area (Å²) < 4.78 is 10.6. The summed E-state index contributed by atoms with van der Waals surface area (Å²) in [6.07, 6.45) is -6.35. The van der Waals surface area contributed by atoms with Gasteiger partial charge in [0, 0.05) is 6.04 Å². The molecule has 7 N–H and O–H groups in total. The number of rotatable bonds is 10. The van der Waals surface area contributed by atoms with Crippen LogP contribution in [0.25, 0.3) is 0 Å². The maximum Gasteiger partial charge on any atom is 0.335 e. The number of phenolic OH excluding ortho intramolecular Hbond substituents is 2. The third-order valence-corrected chi connectivity index (χ3v) is 5.79. The molecular formula is C24H31NO9. The molecule has 2 aromatic rings. The normalized spacial score (nSPS) is 25.6. The molecule has 34 heavy (non-hydrogen) atoms. The fourth-order valence-corrected chi connectivity index (χ4v) is 3.69. The van der Waals surface area contributed by atoms with Crippen LogP contribution in [0.4, 0.5) is 0 Å². The van der Waals surface area contributed by atoms with Crippen molar-refractivity contribution in [3.8, 4) is 17.2 Å². The van der Waals surface area contributed by atoms with Crippen LogP contribution in [0.1, 0.15) is 24.5 Å². The molecule has 1 aliphatic rings. The largest absolute Gasteiger partial charge is 0.508 e. The van der Waals surface area contributed by atoms with Gasteiger partial charge in [-0.1, -0.05) is 18.2 Å². The third-order valence-electron chi connectivity index (χ3n) is 5.79. The second-order valence-electron chi connectivity index (χ2n) is 8.47. The summed E-state index contributed by atoms with van der Waals surface area (Å²) >= 11 is 0. The third kappa shape index (κ3) is 6.58. The Balaban J connectivity index is 1.53. The van der Waals surface area contributed by atoms with Gasteiger partial charge in [0.15, 0.2) is 17.6 Å². The van der Waals surface area contributed by atoms with E-state index in [0.29, 0.717) is 13.0 Å². The van der Waals surface area contributed by atoms with E-state index in [9.17, 15) is 30.3 Å². The van der Waals surface area contributed by atoms with E-state index in [4.69, 9.17) is 14.6 Å². The summed E-state index contributed by atoms with van der Waals surface area (Å²) in [5.74, 6) is -1.57. The van der Waals surface area contributed by atoms with Crippen molar-refractivity contribution < 1.29 is 44.9 Å². The second kappa shape index (κ2) is 11.5. The van der Waals surface area contributed by atoms with Crippen LogP contribution in [0.15, 0.2) is 42.5 Å². The number of ether oxygens (including phenoxy) is 2. The average Bonchev–Trinajstić information content (AvgIpc) is 2.80. The Morgan fingerprint density at radius 3 is 2.35 bits per heavy atom. The number of carboxylic acids is 1. The lowest BCUT2D eigenvalue weighted by atomic mass is 9.99. The number of aromatic hydroxyl groups is 2. The first-order chi connectivity index (χ1) is 16.2. The lowest BCUT2D eigenvalue weighted by Gasteiger charge is -2.38. The lowest BCUT2D eigenvalue weighted by molar-refractivity contribution is -0.271. The van der Waals surface area contributed by atoms with Crippen molar-refractivity contribution in [2.45, 2.75) is 62.9 Å². The molecule has 1 heterocycles. The number of carbonyl (C=O) groups is 1. The molecule has 10 heteroatoms. The van der Waals surface area contributed by atoms with Crippen LogP contribution in [0.2, 0.25) is 0 Å². The van der Waals surface area contributed by atoms with Gasteiger partial charge in [0.2, 0.25) is 6.29 Å². The van der Waals surface area contributed by atoms with Crippen molar-refractivity contribution in [1.29, 1.82) is 0 Å². The molecule has 0 amide bonds. The Bertz CT molecular complexity index is 952. The minimum Gasteiger partial charge on any atom is -0.508 e. The monoisotopic (exact) mass is 477 g/mol. The smallest absolute Gasteiger partial charge is 0.335 e. The Morgan fingerprint density at radius 2 is 1.68 bits per heavy atom. The van der Waals surface area contributed by atoms with Crippen LogP contribution < -0.4 is 10.1 Å². The predicted octanol–water partition coefficient (Wildman–Crippen LogP) is 0.522. The Labute approximate surface area is 197 Å². The molecule has 0 aliphatic carbocycles. The molecule has 0 unspecified atom stereocenters. The van der Waals surface area contributed by atoms with Crippen LogP contribution >= 0.6 is 0 Å². The van der Waals surface area contributed by atoms with E-state index in [2.05, 4.69) is 12.2 Å². The molecule has 0 spiro atoms. The predicted molar refractivity (Wildman–Crippen MR) is 121 cm³/mol. The van der Waals surface area contributed by atoms with Gasteiger partial charge in [0.25, 0.3) is 0 Å². The molecule has 0 aromatic heterocycles. The topological polar surface area (TPSA) is 169 Å². The number of hydrogen-bond donors (Lipinski definition) is 7. The number of aliphatic hydroxyl groups is 3. The van der Waals surface area contributed by atoms with Crippen molar-refractivity contribution >= 4 is 5.97 Å². The van der Waals surface area contributed by atoms with E-state index in [-0.39, 0.29) is 23.3 Å². The first kappa shape index (κ1) is 25.7. The standard InChI is InChI=1S/C24H31NO9/c1-13(2-3-14-4-7-16(26)8-5-14)25-11-10-15-6-9-17(27)18(12-15)33-24-21(30)19(28)20(29)22(34-24)23(31)32/h4-9,12-13,19-22,24-30H,2-3,10-11H2,1H3,(H,31,32)/t13-,19+,20+,21-,22+,24-/m1/s1. The Morgan fingerprint density at radius 1 is 1.00 bits per heavy atom. The molecule has 10 nitrogen and oxygen atoms in total. The van der Waals surface area contributed by atoms with Crippen LogP contribution in [-0.2, 0) is 22.4 Å². The quantitative estimate of drug-likeness (QED) is 0.256. The molecule has 2 aromatic carbocycles. The second-order valence-corrected chi connectivity index (χ2v) is 8.47. The summed E-state index contributed by atoms with van der Waals surface area (Å²) in [6.45, 7) is 2.72. The molecule has 1 saturated heterocycles. The number of aliphatic hydroxyl groups excluding tert-OH is 3. The summed E-state index contributed by atoms with van der Waals surface area (Å²) in [7, 11) is 0. The zero-order valence-electron chi connectivity index (χ0n) is 18.7. The SMILES string of the molecule is C[C@H](CCc1ccc(O)cc1)NCCc1ccc(O)c(O[C@@H]2O[C@H](C(=O)O)[C@@H](O)[C@H](O)[C@H]2O)c1. The van der Waals surface area contributed by atoms with Crippen LogP contribution in [-0.4, -0.2) is 79.9 Å². The Kier molecular flexibility index (Phi) is 8.70. The summed E-state index contributed by atoms with van der Waals surface area (Å²) in [4.78, 5) is 11.3. The van der Waals surface area contributed by atoms with Crippen LogP contribution in [0, 0.1) is 0 Å². The highest BCUT2D eigenvalue weighted by molar-refractivity contribution is 5.73. The maximum atomic E-state index is 11.3. The number of carboxylic acid groups (broad SMARTS) is 1. The summed E-state index contributed by atoms with van der Waals surface area (Å²) in [5.41, 5.74) is 1.95. The number of aliphatic carboxylic acids is 1. The molecule has 0 radical (unpaired) electrons. The number of benzene rings is 2. The van der Waals surface area contributed by atoms with E-state index < -0.39 is 36.7 Å². The van der Waals surface area contributed by atoms with Gasteiger partial charge >= 0.3 is 5.97 Å². The van der Waals surface area contributed by atoms with Gasteiger partial charge in [-0.15, -0.1) is 0 Å². The van der Waals surface area contributed by atoms with Gasteiger partial charge in [0.05, 0.1) is 0 Å². The van der Waals surface area contributed by atoms with Crippen molar-refractivity contribution in [3.63, 3.8) is 0 Å². The molecule has 186 valence electrons. The van der Waals surface area contributed by atoms with Gasteiger partial charge < -0.3 is 45.4 Å². The number of phenols is 2. The first-order valence-electron chi connectivity index (χ1n) is 11.1. The maximum absolute atomic E-state index is 11.3. The lowest BCUT2D eigenvalue weighted by Crippen LogP contribution is -2.61. The van der Waals surface area contributed by atoms with Crippen molar-refractivity contribution in [3.05, 3.63) is 53.6 Å². The van der Waals surface area contributed by atoms with E-state index in [0.717, 1.165) is 24.0 Å². The summed E-state index contributed by atoms with van der Waals surface area (Å²) in [5, 5.41) is 61.9. The molecule has 6 atom stereocenters. The highest BCUT2D eigenvalue weighted by atomic mass is 16.7. The zero-order chi connectivity index (χ0) is 24.8. The molecule has 3 rings (SSSR count). The minimum absolute atomic E-state index is 0.0466. The van der Waals surface area contributed by atoms with E-state index in [1.54, 1.807) is 24.3 Å². The van der Waals surface area contributed by atoms with Gasteiger partial charge in [-0.05, 0) is 68.1 Å². The highest BCUT2D eigenvalue weighted by Gasteiger charge is 2.48. The zero-order valence-corrected chi connectivity index (χ0v) is 18.7. The molecular weight excluding hydrogens is 446 g/mol.